The normalized spacial score (nSPS) is 10.2. The number of carbonyl (C=O) groups excluding carboxylic acids is 2. The standard InChI is InChI=1S/C14H15N3O2S/c1-4-6-17-10-5-7-20-12(10)8-11(17)14(19)16-15-13(18)9(2)3/h4-5,7-8H,1-2,6H2,3H3,(H,15,18)(H,16,19). The molecule has 104 valence electrons. The van der Waals surface area contributed by atoms with Gasteiger partial charge in [0.05, 0.1) is 10.2 Å². The molecule has 0 aliphatic rings. The lowest BCUT2D eigenvalue weighted by Crippen LogP contribution is -2.42. The molecule has 0 aromatic carbocycles. The molecule has 2 aromatic heterocycles. The first-order valence-corrected chi connectivity index (χ1v) is 6.86. The van der Waals surface area contributed by atoms with Crippen molar-refractivity contribution in [2.45, 2.75) is 13.5 Å². The van der Waals surface area contributed by atoms with E-state index in [1.54, 1.807) is 30.4 Å². The first kappa shape index (κ1) is 14.1. The fraction of sp³-hybridized carbons (Fsp3) is 0.143. The van der Waals surface area contributed by atoms with Gasteiger partial charge in [0.1, 0.15) is 5.69 Å². The van der Waals surface area contributed by atoms with Crippen molar-refractivity contribution in [1.82, 2.24) is 15.4 Å². The van der Waals surface area contributed by atoms with Gasteiger partial charge in [-0.05, 0) is 24.4 Å². The lowest BCUT2D eigenvalue weighted by molar-refractivity contribution is -0.118. The van der Waals surface area contributed by atoms with E-state index in [0.717, 1.165) is 10.2 Å². The summed E-state index contributed by atoms with van der Waals surface area (Å²) in [6.07, 6.45) is 1.72. The van der Waals surface area contributed by atoms with Crippen molar-refractivity contribution < 1.29 is 9.59 Å². The van der Waals surface area contributed by atoms with E-state index in [1.165, 1.54) is 0 Å². The van der Waals surface area contributed by atoms with Gasteiger partial charge in [0.2, 0.25) is 0 Å². The van der Waals surface area contributed by atoms with E-state index in [-0.39, 0.29) is 5.91 Å². The largest absolute Gasteiger partial charge is 0.332 e. The van der Waals surface area contributed by atoms with Crippen LogP contribution in [0.25, 0.3) is 10.2 Å². The first-order chi connectivity index (χ1) is 9.54. The second-order valence-electron chi connectivity index (χ2n) is 4.29. The summed E-state index contributed by atoms with van der Waals surface area (Å²) in [5.41, 5.74) is 6.48. The first-order valence-electron chi connectivity index (χ1n) is 5.98. The van der Waals surface area contributed by atoms with Gasteiger partial charge in [0.25, 0.3) is 11.8 Å². The van der Waals surface area contributed by atoms with Crippen molar-refractivity contribution in [3.63, 3.8) is 0 Å². The molecule has 0 bridgehead atoms. The third-order valence-electron chi connectivity index (χ3n) is 2.74. The highest BCUT2D eigenvalue weighted by Crippen LogP contribution is 2.25. The monoisotopic (exact) mass is 289 g/mol. The van der Waals surface area contributed by atoms with Crippen LogP contribution in [0.1, 0.15) is 17.4 Å². The SMILES string of the molecule is C=CCn1c(C(=O)NNC(=O)C(=C)C)cc2sccc21. The second-order valence-corrected chi connectivity index (χ2v) is 5.24. The summed E-state index contributed by atoms with van der Waals surface area (Å²) in [7, 11) is 0. The van der Waals surface area contributed by atoms with Crippen LogP contribution in [0.3, 0.4) is 0 Å². The van der Waals surface area contributed by atoms with Crippen LogP contribution in [0.5, 0.6) is 0 Å². The summed E-state index contributed by atoms with van der Waals surface area (Å²) >= 11 is 1.56. The minimum Gasteiger partial charge on any atom is -0.332 e. The molecule has 0 fully saturated rings. The number of rotatable bonds is 4. The van der Waals surface area contributed by atoms with Gasteiger partial charge in [-0.15, -0.1) is 17.9 Å². The Morgan fingerprint density at radius 1 is 1.45 bits per heavy atom. The van der Waals surface area contributed by atoms with Crippen molar-refractivity contribution in [3.05, 3.63) is 48.0 Å². The van der Waals surface area contributed by atoms with E-state index in [9.17, 15) is 9.59 Å². The molecule has 0 saturated carbocycles. The van der Waals surface area contributed by atoms with E-state index in [2.05, 4.69) is 24.0 Å². The number of hydrogen-bond donors (Lipinski definition) is 2. The molecule has 2 rings (SSSR count). The number of aromatic nitrogens is 1. The van der Waals surface area contributed by atoms with Gasteiger partial charge < -0.3 is 4.57 Å². The number of hydrazine groups is 1. The van der Waals surface area contributed by atoms with E-state index in [1.807, 2.05) is 16.0 Å². The third-order valence-corrected chi connectivity index (χ3v) is 3.60. The summed E-state index contributed by atoms with van der Waals surface area (Å²) in [6.45, 7) is 9.29. The quantitative estimate of drug-likeness (QED) is 0.515. The Bertz CT molecular complexity index is 696. The van der Waals surface area contributed by atoms with E-state index in [0.29, 0.717) is 17.8 Å². The maximum Gasteiger partial charge on any atom is 0.286 e. The van der Waals surface area contributed by atoms with Crippen LogP contribution < -0.4 is 10.9 Å². The molecular formula is C14H15N3O2S. The van der Waals surface area contributed by atoms with Gasteiger partial charge in [0, 0.05) is 12.1 Å². The van der Waals surface area contributed by atoms with Crippen LogP contribution in [-0.2, 0) is 11.3 Å². The minimum atomic E-state index is -0.415. The number of thiophene rings is 1. The van der Waals surface area contributed by atoms with E-state index < -0.39 is 5.91 Å². The van der Waals surface area contributed by atoms with Crippen molar-refractivity contribution in [2.75, 3.05) is 0 Å². The highest BCUT2D eigenvalue weighted by Gasteiger charge is 2.16. The lowest BCUT2D eigenvalue weighted by Gasteiger charge is -2.09. The summed E-state index contributed by atoms with van der Waals surface area (Å²) < 4.78 is 2.87. The van der Waals surface area contributed by atoms with Crippen molar-refractivity contribution >= 4 is 33.4 Å². The van der Waals surface area contributed by atoms with Gasteiger partial charge >= 0.3 is 0 Å². The Hall–Kier alpha value is -2.34. The van der Waals surface area contributed by atoms with E-state index >= 15 is 0 Å². The summed E-state index contributed by atoms with van der Waals surface area (Å²) in [4.78, 5) is 23.5. The molecule has 6 heteroatoms. The van der Waals surface area contributed by atoms with Crippen molar-refractivity contribution in [3.8, 4) is 0 Å². The van der Waals surface area contributed by atoms with Crippen LogP contribution in [0, 0.1) is 0 Å². The Labute approximate surface area is 120 Å². The van der Waals surface area contributed by atoms with Gasteiger partial charge in [0.15, 0.2) is 0 Å². The molecule has 0 spiro atoms. The van der Waals surface area contributed by atoms with Gasteiger partial charge in [-0.2, -0.15) is 0 Å². The average Bonchev–Trinajstić information content (AvgIpc) is 2.98. The van der Waals surface area contributed by atoms with Crippen LogP contribution in [-0.4, -0.2) is 16.4 Å². The number of fused-ring (bicyclic) bond motifs is 1. The van der Waals surface area contributed by atoms with Gasteiger partial charge in [-0.25, -0.2) is 0 Å². The predicted molar refractivity (Wildman–Crippen MR) is 80.4 cm³/mol. The molecule has 0 saturated heterocycles. The molecule has 0 aliphatic heterocycles. The second kappa shape index (κ2) is 5.75. The highest BCUT2D eigenvalue weighted by atomic mass is 32.1. The fourth-order valence-corrected chi connectivity index (χ4v) is 2.60. The number of allylic oxidation sites excluding steroid dienone is 1. The lowest BCUT2D eigenvalue weighted by atomic mass is 10.3. The van der Waals surface area contributed by atoms with Gasteiger partial charge in [-0.1, -0.05) is 12.7 Å². The minimum absolute atomic E-state index is 0.327. The molecule has 0 atom stereocenters. The predicted octanol–water partition coefficient (Wildman–Crippen LogP) is 2.23. The van der Waals surface area contributed by atoms with E-state index in [4.69, 9.17) is 0 Å². The van der Waals surface area contributed by atoms with Crippen LogP contribution in [0.2, 0.25) is 0 Å². The third kappa shape index (κ3) is 2.65. The number of nitrogens with zero attached hydrogens (tertiary/aromatic N) is 1. The number of hydrogen-bond acceptors (Lipinski definition) is 3. The van der Waals surface area contributed by atoms with Crippen molar-refractivity contribution in [1.29, 1.82) is 0 Å². The molecule has 2 heterocycles. The van der Waals surface area contributed by atoms with Gasteiger partial charge in [-0.3, -0.25) is 20.4 Å². The number of nitrogens with one attached hydrogen (secondary N) is 2. The Balaban J connectivity index is 2.22. The zero-order valence-electron chi connectivity index (χ0n) is 11.1. The summed E-state index contributed by atoms with van der Waals surface area (Å²) in [5, 5.41) is 1.97. The maximum absolute atomic E-state index is 12.1. The Morgan fingerprint density at radius 3 is 2.85 bits per heavy atom. The zero-order valence-corrected chi connectivity index (χ0v) is 11.9. The topological polar surface area (TPSA) is 63.1 Å². The average molecular weight is 289 g/mol. The highest BCUT2D eigenvalue weighted by molar-refractivity contribution is 7.17. The molecule has 0 radical (unpaired) electrons. The fourth-order valence-electron chi connectivity index (χ4n) is 1.78. The Morgan fingerprint density at radius 2 is 2.20 bits per heavy atom. The Kier molecular flexibility index (Phi) is 4.05. The summed E-state index contributed by atoms with van der Waals surface area (Å²) in [6, 6.07) is 3.75. The van der Waals surface area contributed by atoms with Crippen LogP contribution >= 0.6 is 11.3 Å². The molecule has 2 N–H and O–H groups in total. The van der Waals surface area contributed by atoms with Crippen LogP contribution in [0.4, 0.5) is 0 Å². The smallest absolute Gasteiger partial charge is 0.286 e. The summed E-state index contributed by atoms with van der Waals surface area (Å²) in [5.74, 6) is -0.785. The number of amides is 2. The molecular weight excluding hydrogens is 274 g/mol. The van der Waals surface area contributed by atoms with Crippen molar-refractivity contribution in [2.24, 2.45) is 0 Å². The molecule has 0 unspecified atom stereocenters. The molecule has 5 nitrogen and oxygen atoms in total. The molecule has 20 heavy (non-hydrogen) atoms. The molecule has 2 aromatic rings. The number of carbonyl (C=O) groups is 2. The zero-order chi connectivity index (χ0) is 14.7. The van der Waals surface area contributed by atoms with Crippen LogP contribution in [0.15, 0.2) is 42.3 Å². The molecule has 2 amide bonds. The molecule has 0 aliphatic carbocycles. The maximum atomic E-state index is 12.1.